The lowest BCUT2D eigenvalue weighted by molar-refractivity contribution is -0.155. The molecule has 0 bridgehead atoms. The molecule has 28 heavy (non-hydrogen) atoms. The maximum Gasteiger partial charge on any atom is 0.327 e. The molecule has 0 aromatic carbocycles. The molecule has 1 fully saturated rings. The van der Waals surface area contributed by atoms with Gasteiger partial charge in [-0.15, -0.1) is 0 Å². The summed E-state index contributed by atoms with van der Waals surface area (Å²) < 4.78 is 6.72. The van der Waals surface area contributed by atoms with Crippen molar-refractivity contribution in [2.24, 2.45) is 0 Å². The molecule has 0 unspecified atom stereocenters. The second-order valence-corrected chi connectivity index (χ2v) is 6.99. The highest BCUT2D eigenvalue weighted by atomic mass is 16.5. The molecule has 1 atom stereocenters. The molecule has 2 rings (SSSR count). The summed E-state index contributed by atoms with van der Waals surface area (Å²) in [5.74, 6) is -1.36. The average molecular weight is 393 g/mol. The number of hydrogen-bond acceptors (Lipinski definition) is 6. The van der Waals surface area contributed by atoms with E-state index in [1.54, 1.807) is 30.8 Å². The molecule has 0 spiro atoms. The molecule has 1 aromatic heterocycles. The summed E-state index contributed by atoms with van der Waals surface area (Å²) >= 11 is 0. The van der Waals surface area contributed by atoms with Crippen LogP contribution in [0.1, 0.15) is 53.5 Å². The highest BCUT2D eigenvalue weighted by Gasteiger charge is 2.49. The lowest BCUT2D eigenvalue weighted by Gasteiger charge is -2.23. The Bertz CT molecular complexity index is 768. The first-order valence-electron chi connectivity index (χ1n) is 9.33. The van der Waals surface area contributed by atoms with Crippen molar-refractivity contribution < 1.29 is 23.9 Å². The van der Waals surface area contributed by atoms with Crippen molar-refractivity contribution in [1.29, 1.82) is 0 Å². The van der Waals surface area contributed by atoms with E-state index >= 15 is 0 Å². The first-order chi connectivity index (χ1) is 13.1. The van der Waals surface area contributed by atoms with Gasteiger partial charge in [-0.1, -0.05) is 13.8 Å². The zero-order valence-electron chi connectivity index (χ0n) is 16.8. The van der Waals surface area contributed by atoms with E-state index in [1.807, 2.05) is 13.8 Å². The van der Waals surface area contributed by atoms with Crippen LogP contribution in [0.2, 0.25) is 0 Å². The van der Waals surface area contributed by atoms with Crippen molar-refractivity contribution in [3.8, 4) is 0 Å². The van der Waals surface area contributed by atoms with Crippen molar-refractivity contribution in [3.05, 3.63) is 12.3 Å². The molecule has 1 saturated heterocycles. The first kappa shape index (κ1) is 21.4. The maximum absolute atomic E-state index is 12.5. The number of esters is 1. The van der Waals surface area contributed by atoms with Gasteiger partial charge in [0.05, 0.1) is 6.20 Å². The molecule has 0 saturated carbocycles. The van der Waals surface area contributed by atoms with Crippen LogP contribution in [0.3, 0.4) is 0 Å². The van der Waals surface area contributed by atoms with Crippen LogP contribution in [0.5, 0.6) is 0 Å². The number of nitrogens with zero attached hydrogens (tertiary/aromatic N) is 3. The fourth-order valence-corrected chi connectivity index (χ4v) is 3.02. The summed E-state index contributed by atoms with van der Waals surface area (Å²) in [6.45, 7) is 8.27. The molecule has 2 N–H and O–H groups in total. The molecule has 2 heterocycles. The monoisotopic (exact) mass is 393 g/mol. The summed E-state index contributed by atoms with van der Waals surface area (Å²) in [6.07, 6.45) is 1.28. The third kappa shape index (κ3) is 4.15. The Morgan fingerprint density at radius 3 is 2.43 bits per heavy atom. The highest BCUT2D eigenvalue weighted by molar-refractivity contribution is 6.08. The fourth-order valence-electron chi connectivity index (χ4n) is 3.02. The van der Waals surface area contributed by atoms with Crippen LogP contribution in [0.25, 0.3) is 0 Å². The van der Waals surface area contributed by atoms with Crippen molar-refractivity contribution in [2.45, 2.75) is 65.1 Å². The van der Waals surface area contributed by atoms with E-state index in [0.29, 0.717) is 18.7 Å². The van der Waals surface area contributed by atoms with Gasteiger partial charge in [-0.05, 0) is 33.6 Å². The lowest BCUT2D eigenvalue weighted by Crippen LogP contribution is -2.46. The van der Waals surface area contributed by atoms with Gasteiger partial charge in [-0.3, -0.25) is 19.3 Å². The van der Waals surface area contributed by atoms with Crippen LogP contribution >= 0.6 is 0 Å². The standard InChI is InChI=1S/C18H27N5O5/c1-6-18(7-2)16(26)22(17(27)21-18)10-14(24)28-12(5)15(25)20-13-8-9-19-23(13)11(3)4/h8-9,11-12H,6-7,10H2,1-5H3,(H,20,25)(H,21,27)/t12-/m0/s1. The van der Waals surface area contributed by atoms with Gasteiger partial charge < -0.3 is 15.4 Å². The Morgan fingerprint density at radius 2 is 1.89 bits per heavy atom. The molecule has 0 aliphatic carbocycles. The second-order valence-electron chi connectivity index (χ2n) is 6.99. The van der Waals surface area contributed by atoms with Crippen molar-refractivity contribution in [3.63, 3.8) is 0 Å². The predicted molar refractivity (Wildman–Crippen MR) is 100 cm³/mol. The van der Waals surface area contributed by atoms with Gasteiger partial charge in [-0.25, -0.2) is 9.48 Å². The molecule has 10 heteroatoms. The Labute approximate surface area is 163 Å². The summed E-state index contributed by atoms with van der Waals surface area (Å²) in [7, 11) is 0. The van der Waals surface area contributed by atoms with Crippen LogP contribution in [-0.2, 0) is 19.1 Å². The number of ether oxygens (including phenoxy) is 1. The number of carbonyl (C=O) groups is 4. The molecule has 154 valence electrons. The van der Waals surface area contributed by atoms with Crippen LogP contribution in [0, 0.1) is 0 Å². The molecule has 10 nitrogen and oxygen atoms in total. The number of aromatic nitrogens is 2. The van der Waals surface area contributed by atoms with E-state index in [0.717, 1.165) is 4.90 Å². The molecule has 4 amide bonds. The summed E-state index contributed by atoms with van der Waals surface area (Å²) in [4.78, 5) is 49.9. The molecule has 1 aliphatic rings. The van der Waals surface area contributed by atoms with Gasteiger partial charge in [0.25, 0.3) is 11.8 Å². The van der Waals surface area contributed by atoms with E-state index in [-0.39, 0.29) is 6.04 Å². The largest absolute Gasteiger partial charge is 0.451 e. The summed E-state index contributed by atoms with van der Waals surface area (Å²) in [5, 5.41) is 9.39. The lowest BCUT2D eigenvalue weighted by atomic mass is 9.93. The average Bonchev–Trinajstić information content (AvgIpc) is 3.20. The number of nitrogens with one attached hydrogen (secondary N) is 2. The summed E-state index contributed by atoms with van der Waals surface area (Å²) in [5.41, 5.74) is -0.990. The predicted octanol–water partition coefficient (Wildman–Crippen LogP) is 1.44. The van der Waals surface area contributed by atoms with Gasteiger partial charge in [0, 0.05) is 12.1 Å². The van der Waals surface area contributed by atoms with E-state index in [1.165, 1.54) is 6.92 Å². The Kier molecular flexibility index (Phi) is 6.42. The van der Waals surface area contributed by atoms with Gasteiger partial charge in [0.1, 0.15) is 17.9 Å². The molecule has 0 radical (unpaired) electrons. The minimum absolute atomic E-state index is 0.0419. The second kappa shape index (κ2) is 8.41. The van der Waals surface area contributed by atoms with Crippen molar-refractivity contribution in [2.75, 3.05) is 11.9 Å². The molecular weight excluding hydrogens is 366 g/mol. The third-order valence-corrected chi connectivity index (χ3v) is 4.83. The van der Waals surface area contributed by atoms with E-state index < -0.39 is 42.0 Å². The van der Waals surface area contributed by atoms with Gasteiger partial charge in [-0.2, -0.15) is 5.10 Å². The molecular formula is C18H27N5O5. The normalized spacial score (nSPS) is 16.9. The molecule has 1 aliphatic heterocycles. The van der Waals surface area contributed by atoms with Gasteiger partial charge >= 0.3 is 12.0 Å². The number of hydrogen-bond donors (Lipinski definition) is 2. The Balaban J connectivity index is 1.95. The van der Waals surface area contributed by atoms with Crippen LogP contribution in [0.4, 0.5) is 10.6 Å². The van der Waals surface area contributed by atoms with Gasteiger partial charge in [0.15, 0.2) is 6.10 Å². The Morgan fingerprint density at radius 1 is 1.25 bits per heavy atom. The number of rotatable bonds is 8. The SMILES string of the molecule is CCC1(CC)NC(=O)N(CC(=O)O[C@@H](C)C(=O)Nc2ccnn2C(C)C)C1=O. The third-order valence-electron chi connectivity index (χ3n) is 4.83. The van der Waals surface area contributed by atoms with E-state index in [4.69, 9.17) is 4.74 Å². The number of amides is 4. The quantitative estimate of drug-likeness (QED) is 0.509. The number of anilines is 1. The zero-order chi connectivity index (χ0) is 21.1. The van der Waals surface area contributed by atoms with Crippen molar-refractivity contribution in [1.82, 2.24) is 20.0 Å². The van der Waals surface area contributed by atoms with Crippen LogP contribution in [0.15, 0.2) is 12.3 Å². The zero-order valence-corrected chi connectivity index (χ0v) is 16.8. The number of imide groups is 1. The van der Waals surface area contributed by atoms with Gasteiger partial charge in [0.2, 0.25) is 0 Å². The van der Waals surface area contributed by atoms with E-state index in [2.05, 4.69) is 15.7 Å². The van der Waals surface area contributed by atoms with E-state index in [9.17, 15) is 19.2 Å². The summed E-state index contributed by atoms with van der Waals surface area (Å²) in [6, 6.07) is 1.04. The minimum atomic E-state index is -1.11. The van der Waals surface area contributed by atoms with Crippen LogP contribution < -0.4 is 10.6 Å². The highest BCUT2D eigenvalue weighted by Crippen LogP contribution is 2.24. The first-order valence-corrected chi connectivity index (χ1v) is 9.33. The molecule has 1 aromatic rings. The fraction of sp³-hybridized carbons (Fsp3) is 0.611. The van der Waals surface area contributed by atoms with Crippen LogP contribution in [-0.4, -0.2) is 56.7 Å². The minimum Gasteiger partial charge on any atom is -0.451 e. The maximum atomic E-state index is 12.5. The Hall–Kier alpha value is -2.91. The smallest absolute Gasteiger partial charge is 0.327 e. The number of carbonyl (C=O) groups excluding carboxylic acids is 4. The number of urea groups is 1. The topological polar surface area (TPSA) is 123 Å². The van der Waals surface area contributed by atoms with Crippen molar-refractivity contribution >= 4 is 29.6 Å².